The molecule has 144 valence electrons. The van der Waals surface area contributed by atoms with Gasteiger partial charge in [0.05, 0.1) is 11.7 Å². The predicted octanol–water partition coefficient (Wildman–Crippen LogP) is 1.68. The number of aromatic nitrogens is 2. The van der Waals surface area contributed by atoms with Crippen molar-refractivity contribution in [2.45, 2.75) is 39.0 Å². The van der Waals surface area contributed by atoms with Crippen molar-refractivity contribution in [2.75, 3.05) is 6.61 Å². The van der Waals surface area contributed by atoms with Crippen molar-refractivity contribution in [2.24, 2.45) is 13.0 Å². The lowest BCUT2D eigenvalue weighted by molar-refractivity contribution is -0.135. The quantitative estimate of drug-likeness (QED) is 0.795. The number of esters is 1. The van der Waals surface area contributed by atoms with Crippen LogP contribution in [-0.2, 0) is 21.4 Å². The van der Waals surface area contributed by atoms with Gasteiger partial charge >= 0.3 is 5.97 Å². The van der Waals surface area contributed by atoms with Gasteiger partial charge in [0.2, 0.25) is 5.91 Å². The number of nitrogens with zero attached hydrogens (tertiary/aromatic N) is 2. The Morgan fingerprint density at radius 2 is 2.00 bits per heavy atom. The molecule has 1 aliphatic rings. The Labute approximate surface area is 159 Å². The summed E-state index contributed by atoms with van der Waals surface area (Å²) >= 11 is 1.05. The van der Waals surface area contributed by atoms with Crippen LogP contribution in [0.5, 0.6) is 0 Å². The Morgan fingerprint density at radius 1 is 1.30 bits per heavy atom. The van der Waals surface area contributed by atoms with E-state index in [1.54, 1.807) is 14.0 Å². The molecule has 2 heterocycles. The molecule has 27 heavy (non-hydrogen) atoms. The maximum absolute atomic E-state index is 12.3. The van der Waals surface area contributed by atoms with Crippen LogP contribution in [0, 0.1) is 12.8 Å². The highest BCUT2D eigenvalue weighted by atomic mass is 32.1. The first kappa shape index (κ1) is 19.2. The van der Waals surface area contributed by atoms with Gasteiger partial charge in [-0.15, -0.1) is 11.3 Å². The first-order valence-corrected chi connectivity index (χ1v) is 9.65. The molecule has 0 unspecified atom stereocenters. The van der Waals surface area contributed by atoms with Crippen LogP contribution in [0.2, 0.25) is 0 Å². The van der Waals surface area contributed by atoms with E-state index in [2.05, 4.69) is 10.3 Å². The van der Waals surface area contributed by atoms with Crippen molar-refractivity contribution < 1.29 is 19.1 Å². The predicted molar refractivity (Wildman–Crippen MR) is 99.6 cm³/mol. The number of rotatable bonds is 4. The fraction of sp³-hybridized carbons (Fsp3) is 0.500. The Kier molecular flexibility index (Phi) is 5.69. The number of ether oxygens (including phenoxy) is 1. The number of thiophene rings is 1. The van der Waals surface area contributed by atoms with Gasteiger partial charge in [-0.2, -0.15) is 0 Å². The molecule has 1 fully saturated rings. The van der Waals surface area contributed by atoms with Gasteiger partial charge in [0.25, 0.3) is 11.5 Å². The normalized spacial score (nSPS) is 14.9. The first-order valence-electron chi connectivity index (χ1n) is 8.84. The summed E-state index contributed by atoms with van der Waals surface area (Å²) in [4.78, 5) is 53.3. The molecular weight excluding hydrogens is 370 g/mol. The molecule has 0 radical (unpaired) electrons. The third kappa shape index (κ3) is 4.08. The van der Waals surface area contributed by atoms with Crippen molar-refractivity contribution in [1.82, 2.24) is 14.9 Å². The molecule has 1 saturated carbocycles. The van der Waals surface area contributed by atoms with E-state index in [1.807, 2.05) is 0 Å². The van der Waals surface area contributed by atoms with E-state index in [9.17, 15) is 19.2 Å². The van der Waals surface area contributed by atoms with Crippen molar-refractivity contribution in [3.8, 4) is 0 Å². The molecule has 0 bridgehead atoms. The highest BCUT2D eigenvalue weighted by molar-refractivity contribution is 7.20. The minimum absolute atomic E-state index is 0.148. The summed E-state index contributed by atoms with van der Waals surface area (Å²) in [5.41, 5.74) is 0.232. The largest absolute Gasteiger partial charge is 0.451 e. The van der Waals surface area contributed by atoms with E-state index in [4.69, 9.17) is 4.74 Å². The topological polar surface area (TPSA) is 107 Å². The van der Waals surface area contributed by atoms with E-state index in [0.29, 0.717) is 15.8 Å². The fourth-order valence-corrected chi connectivity index (χ4v) is 4.27. The number of fused-ring (bicyclic) bond motifs is 1. The maximum Gasteiger partial charge on any atom is 0.349 e. The molecular formula is C18H21N3O5S. The number of aryl methyl sites for hydroxylation is 2. The Bertz CT molecular complexity index is 956. The summed E-state index contributed by atoms with van der Waals surface area (Å²) in [6.45, 7) is 1.10. The Balaban J connectivity index is 1.62. The zero-order valence-corrected chi connectivity index (χ0v) is 16.1. The van der Waals surface area contributed by atoms with Gasteiger partial charge in [0, 0.05) is 13.0 Å². The average Bonchev–Trinajstić information content (AvgIpc) is 3.01. The van der Waals surface area contributed by atoms with E-state index in [-0.39, 0.29) is 22.3 Å². The molecule has 2 aromatic heterocycles. The van der Waals surface area contributed by atoms with Crippen molar-refractivity contribution >= 4 is 39.3 Å². The van der Waals surface area contributed by atoms with Gasteiger partial charge in [0.1, 0.15) is 9.71 Å². The summed E-state index contributed by atoms with van der Waals surface area (Å²) < 4.78 is 6.36. The van der Waals surface area contributed by atoms with E-state index in [0.717, 1.165) is 43.4 Å². The molecule has 0 atom stereocenters. The zero-order chi connectivity index (χ0) is 19.6. The molecule has 2 amide bonds. The maximum atomic E-state index is 12.3. The molecule has 0 saturated heterocycles. The molecule has 1 N–H and O–H groups in total. The lowest BCUT2D eigenvalue weighted by Gasteiger charge is -2.20. The van der Waals surface area contributed by atoms with Crippen molar-refractivity contribution in [1.29, 1.82) is 0 Å². The molecule has 9 heteroatoms. The van der Waals surface area contributed by atoms with Crippen LogP contribution in [0.3, 0.4) is 0 Å². The molecule has 0 aromatic carbocycles. The zero-order valence-electron chi connectivity index (χ0n) is 15.2. The number of hydrogen-bond acceptors (Lipinski definition) is 7. The Hall–Kier alpha value is -2.55. The smallest absolute Gasteiger partial charge is 0.349 e. The highest BCUT2D eigenvalue weighted by Crippen LogP contribution is 2.27. The van der Waals surface area contributed by atoms with Crippen molar-refractivity contribution in [3.05, 3.63) is 27.1 Å². The fourth-order valence-electron chi connectivity index (χ4n) is 3.24. The summed E-state index contributed by atoms with van der Waals surface area (Å²) in [6.07, 6.45) is 6.03. The summed E-state index contributed by atoms with van der Waals surface area (Å²) in [6, 6.07) is 0. The number of amides is 2. The van der Waals surface area contributed by atoms with Crippen LogP contribution in [0.25, 0.3) is 10.2 Å². The summed E-state index contributed by atoms with van der Waals surface area (Å²) in [7, 11) is 1.58. The van der Waals surface area contributed by atoms with Gasteiger partial charge in [-0.25, -0.2) is 9.78 Å². The molecule has 1 aliphatic carbocycles. The lowest BCUT2D eigenvalue weighted by atomic mass is 9.89. The van der Waals surface area contributed by atoms with E-state index < -0.39 is 18.5 Å². The number of nitrogens with one attached hydrogen (secondary N) is 1. The summed E-state index contributed by atoms with van der Waals surface area (Å²) in [5, 5.41) is 2.67. The minimum Gasteiger partial charge on any atom is -0.451 e. The second-order valence-corrected chi connectivity index (χ2v) is 7.72. The molecule has 3 rings (SSSR count). The van der Waals surface area contributed by atoms with Crippen LogP contribution < -0.4 is 10.9 Å². The van der Waals surface area contributed by atoms with E-state index >= 15 is 0 Å². The second kappa shape index (κ2) is 7.99. The molecule has 0 aliphatic heterocycles. The number of carbonyl (C=O) groups excluding carboxylic acids is 3. The van der Waals surface area contributed by atoms with E-state index in [1.165, 1.54) is 10.9 Å². The van der Waals surface area contributed by atoms with Crippen LogP contribution in [0.4, 0.5) is 0 Å². The molecule has 8 nitrogen and oxygen atoms in total. The SMILES string of the molecule is Cc1c(C(=O)OCC(=O)NC(=O)C2CCCCC2)sc2ncn(C)c(=O)c12. The lowest BCUT2D eigenvalue weighted by Crippen LogP contribution is -2.38. The minimum atomic E-state index is -0.710. The van der Waals surface area contributed by atoms with Crippen molar-refractivity contribution in [3.63, 3.8) is 0 Å². The van der Waals surface area contributed by atoms with Gasteiger partial charge in [0.15, 0.2) is 6.61 Å². The Morgan fingerprint density at radius 3 is 2.70 bits per heavy atom. The van der Waals surface area contributed by atoms with Gasteiger partial charge in [-0.05, 0) is 25.3 Å². The van der Waals surface area contributed by atoms with Gasteiger partial charge in [-0.1, -0.05) is 19.3 Å². The molecule has 0 spiro atoms. The average molecular weight is 391 g/mol. The standard InChI is InChI=1S/C18H21N3O5S/c1-10-13-16(19-9-21(2)17(13)24)27-14(10)18(25)26-8-12(22)20-15(23)11-6-4-3-5-7-11/h9,11H,3-8H2,1-2H3,(H,20,22,23). The number of carbonyl (C=O) groups is 3. The summed E-state index contributed by atoms with van der Waals surface area (Å²) in [5.74, 6) is -1.81. The van der Waals surface area contributed by atoms with Crippen LogP contribution in [-0.4, -0.2) is 33.9 Å². The third-order valence-electron chi connectivity index (χ3n) is 4.77. The second-order valence-electron chi connectivity index (χ2n) is 6.72. The highest BCUT2D eigenvalue weighted by Gasteiger charge is 2.24. The van der Waals surface area contributed by atoms with Crippen LogP contribution in [0.15, 0.2) is 11.1 Å². The van der Waals surface area contributed by atoms with Crippen LogP contribution in [0.1, 0.15) is 47.3 Å². The number of hydrogen-bond donors (Lipinski definition) is 1. The third-order valence-corrected chi connectivity index (χ3v) is 5.95. The number of imide groups is 1. The first-order chi connectivity index (χ1) is 12.9. The van der Waals surface area contributed by atoms with Gasteiger partial charge in [-0.3, -0.25) is 19.7 Å². The van der Waals surface area contributed by atoms with Crippen LogP contribution >= 0.6 is 11.3 Å². The molecule has 2 aromatic rings. The monoisotopic (exact) mass is 391 g/mol. The van der Waals surface area contributed by atoms with Gasteiger partial charge < -0.3 is 9.30 Å².